The number of hydrogen-bond donors (Lipinski definition) is 5. The lowest BCUT2D eigenvalue weighted by atomic mass is 9.88. The first kappa shape index (κ1) is 24.5. The Kier molecular flexibility index (Phi) is 5.92. The molecule has 194 valence electrons. The third-order valence-corrected chi connectivity index (χ3v) is 6.68. The number of nitrogen functional groups attached to an aromatic ring is 1. The minimum absolute atomic E-state index is 0.145. The number of nitrogens with zero attached hydrogens (tertiary/aromatic N) is 4. The minimum atomic E-state index is -1.79. The van der Waals surface area contributed by atoms with Gasteiger partial charge in [-0.2, -0.15) is 0 Å². The van der Waals surface area contributed by atoms with Crippen LogP contribution in [0.15, 0.2) is 24.8 Å². The van der Waals surface area contributed by atoms with Gasteiger partial charge in [0.05, 0.1) is 26.4 Å². The summed E-state index contributed by atoms with van der Waals surface area (Å²) in [6, 6.07) is 2.98. The average Bonchev–Trinajstić information content (AvgIpc) is 3.39. The van der Waals surface area contributed by atoms with Crippen molar-refractivity contribution in [3.63, 3.8) is 0 Å². The summed E-state index contributed by atoms with van der Waals surface area (Å²) in [6.07, 6.45) is -0.924. The van der Waals surface area contributed by atoms with Crippen molar-refractivity contribution in [2.75, 3.05) is 26.6 Å². The number of anilines is 1. The molecular weight excluding hydrogens is 472 g/mol. The van der Waals surface area contributed by atoms with Crippen molar-refractivity contribution in [2.45, 2.75) is 56.1 Å². The number of aliphatic hydroxyl groups excluding tert-OH is 3. The average molecular weight is 503 g/mol. The van der Waals surface area contributed by atoms with Crippen LogP contribution in [0.1, 0.15) is 31.9 Å². The lowest BCUT2D eigenvalue weighted by Crippen LogP contribution is -2.58. The highest BCUT2D eigenvalue weighted by Crippen LogP contribution is 2.49. The minimum Gasteiger partial charge on any atom is -0.496 e. The van der Waals surface area contributed by atoms with Gasteiger partial charge in [-0.3, -0.25) is 9.88 Å². The van der Waals surface area contributed by atoms with Gasteiger partial charge < -0.3 is 40.0 Å². The molecule has 2 aliphatic heterocycles. The van der Waals surface area contributed by atoms with Crippen LogP contribution in [0.4, 0.5) is 5.82 Å². The van der Waals surface area contributed by atoms with Crippen LogP contribution in [0.2, 0.25) is 0 Å². The molecule has 5 rings (SSSR count). The molecule has 1 aromatic carbocycles. The topological polar surface area (TPSA) is 179 Å². The smallest absolute Gasteiger partial charge is 0.235 e. The predicted molar refractivity (Wildman–Crippen MR) is 126 cm³/mol. The van der Waals surface area contributed by atoms with Crippen LogP contribution >= 0.6 is 0 Å². The number of fused-ring (bicyclic) bond motifs is 2. The summed E-state index contributed by atoms with van der Waals surface area (Å²) < 4.78 is 25.0. The van der Waals surface area contributed by atoms with Crippen molar-refractivity contribution in [1.82, 2.24) is 24.8 Å². The summed E-state index contributed by atoms with van der Waals surface area (Å²) in [5.74, 6) is -0.0579. The van der Waals surface area contributed by atoms with Crippen molar-refractivity contribution < 1.29 is 34.3 Å². The van der Waals surface area contributed by atoms with Gasteiger partial charge in [-0.25, -0.2) is 15.0 Å². The van der Waals surface area contributed by atoms with E-state index in [1.807, 2.05) is 13.8 Å². The second-order valence-electron chi connectivity index (χ2n) is 9.52. The molecule has 0 bridgehead atoms. The zero-order chi connectivity index (χ0) is 25.8. The summed E-state index contributed by atoms with van der Waals surface area (Å²) >= 11 is 0. The number of methoxy groups -OCH3 is 2. The molecule has 0 radical (unpaired) electrons. The third kappa shape index (κ3) is 3.71. The molecule has 5 atom stereocenters. The Morgan fingerprint density at radius 2 is 1.97 bits per heavy atom. The SMILES string of the molecule is COc1cc(OC)c2c(c1)OC(C)(C)CC2N[C@@]1(n2cnc3c(N)ncnc32)O[C@H](CO)[C@@H](O)[C@H]1O. The van der Waals surface area contributed by atoms with Gasteiger partial charge in [0.2, 0.25) is 5.85 Å². The first-order chi connectivity index (χ1) is 17.1. The fraction of sp³-hybridized carbons (Fsp3) is 0.522. The Morgan fingerprint density at radius 3 is 2.64 bits per heavy atom. The van der Waals surface area contributed by atoms with Crippen LogP contribution in [-0.4, -0.2) is 79.6 Å². The summed E-state index contributed by atoms with van der Waals surface area (Å²) in [5, 5.41) is 35.4. The molecule has 13 nitrogen and oxygen atoms in total. The van der Waals surface area contributed by atoms with Crippen molar-refractivity contribution in [2.24, 2.45) is 0 Å². The van der Waals surface area contributed by atoms with E-state index in [-0.39, 0.29) is 11.5 Å². The van der Waals surface area contributed by atoms with Gasteiger partial charge in [-0.05, 0) is 13.8 Å². The van der Waals surface area contributed by atoms with E-state index in [0.29, 0.717) is 34.7 Å². The predicted octanol–water partition coefficient (Wildman–Crippen LogP) is 0.0409. The van der Waals surface area contributed by atoms with Crippen molar-refractivity contribution >= 4 is 17.0 Å². The summed E-state index contributed by atoms with van der Waals surface area (Å²) in [4.78, 5) is 12.6. The number of nitrogens with one attached hydrogen (secondary N) is 1. The molecule has 1 unspecified atom stereocenters. The van der Waals surface area contributed by atoms with Crippen LogP contribution in [0.25, 0.3) is 11.2 Å². The fourth-order valence-corrected chi connectivity index (χ4v) is 5.03. The largest absolute Gasteiger partial charge is 0.496 e. The Bertz CT molecular complexity index is 1280. The first-order valence-corrected chi connectivity index (χ1v) is 11.5. The van der Waals surface area contributed by atoms with E-state index in [4.69, 9.17) is 24.7 Å². The molecule has 2 aliphatic rings. The van der Waals surface area contributed by atoms with Crippen molar-refractivity contribution in [3.8, 4) is 17.2 Å². The number of aromatic nitrogens is 4. The molecular formula is C23H30N6O7. The van der Waals surface area contributed by atoms with E-state index >= 15 is 0 Å². The number of nitrogens with two attached hydrogens (primary N) is 1. The Hall–Kier alpha value is -3.23. The van der Waals surface area contributed by atoms with Crippen molar-refractivity contribution in [3.05, 3.63) is 30.4 Å². The highest BCUT2D eigenvalue weighted by atomic mass is 16.6. The number of imidazole rings is 1. The molecule has 0 amide bonds. The molecule has 13 heteroatoms. The van der Waals surface area contributed by atoms with Crippen LogP contribution in [0, 0.1) is 0 Å². The number of benzene rings is 1. The fourth-order valence-electron chi connectivity index (χ4n) is 5.03. The molecule has 36 heavy (non-hydrogen) atoms. The normalized spacial score (nSPS) is 29.1. The summed E-state index contributed by atoms with van der Waals surface area (Å²) in [6.45, 7) is 3.34. The molecule has 6 N–H and O–H groups in total. The first-order valence-electron chi connectivity index (χ1n) is 11.5. The molecule has 4 heterocycles. The van der Waals surface area contributed by atoms with E-state index in [0.717, 1.165) is 0 Å². The van der Waals surface area contributed by atoms with Gasteiger partial charge >= 0.3 is 0 Å². The number of ether oxygens (including phenoxy) is 4. The van der Waals surface area contributed by atoms with E-state index in [2.05, 4.69) is 20.3 Å². The second kappa shape index (κ2) is 8.71. The number of rotatable bonds is 6. The van der Waals surface area contributed by atoms with Crippen LogP contribution in [-0.2, 0) is 10.6 Å². The number of hydrogen-bond acceptors (Lipinski definition) is 12. The molecule has 0 saturated carbocycles. The Morgan fingerprint density at radius 1 is 1.19 bits per heavy atom. The van der Waals surface area contributed by atoms with Gasteiger partial charge in [0.1, 0.15) is 59.3 Å². The van der Waals surface area contributed by atoms with Crippen LogP contribution in [0.5, 0.6) is 17.2 Å². The van der Waals surface area contributed by atoms with Crippen LogP contribution in [0.3, 0.4) is 0 Å². The summed E-state index contributed by atoms with van der Waals surface area (Å²) in [7, 11) is 3.09. The standard InChI is InChI=1S/C23H30N6O7/c1-22(2)7-12(16-13(34-4)5-11(33-3)6-14(16)35-22)28-23(19(32)18(31)15(8-30)36-23)29-10-27-17-20(24)25-9-26-21(17)29/h5-6,9-10,12,15,18-19,28,30-32H,7-8H2,1-4H3,(H2,24,25,26)/t12?,15-,18-,19-,23+/m1/s1. The highest BCUT2D eigenvalue weighted by molar-refractivity contribution is 5.81. The Balaban J connectivity index is 1.69. The van der Waals surface area contributed by atoms with E-state index in [1.165, 1.54) is 24.3 Å². The molecule has 0 spiro atoms. The van der Waals surface area contributed by atoms with Crippen molar-refractivity contribution in [1.29, 1.82) is 0 Å². The molecule has 1 fully saturated rings. The highest BCUT2D eigenvalue weighted by Gasteiger charge is 2.58. The third-order valence-electron chi connectivity index (χ3n) is 6.68. The maximum atomic E-state index is 11.4. The van der Waals surface area contributed by atoms with Gasteiger partial charge in [-0.15, -0.1) is 0 Å². The quantitative estimate of drug-likeness (QED) is 0.306. The molecule has 3 aromatic rings. The summed E-state index contributed by atoms with van der Waals surface area (Å²) in [5.41, 5.74) is 6.60. The van der Waals surface area contributed by atoms with Crippen LogP contribution < -0.4 is 25.3 Å². The lowest BCUT2D eigenvalue weighted by Gasteiger charge is -2.43. The zero-order valence-corrected chi connectivity index (χ0v) is 20.4. The molecule has 0 aliphatic carbocycles. The van der Waals surface area contributed by atoms with Gasteiger partial charge in [-0.1, -0.05) is 0 Å². The van der Waals surface area contributed by atoms with E-state index in [1.54, 1.807) is 19.2 Å². The lowest BCUT2D eigenvalue weighted by molar-refractivity contribution is -0.177. The maximum absolute atomic E-state index is 11.4. The van der Waals surface area contributed by atoms with E-state index < -0.39 is 42.4 Å². The zero-order valence-electron chi connectivity index (χ0n) is 20.4. The maximum Gasteiger partial charge on any atom is 0.235 e. The van der Waals surface area contributed by atoms with E-state index in [9.17, 15) is 15.3 Å². The number of aliphatic hydroxyl groups is 3. The van der Waals surface area contributed by atoms with Gasteiger partial charge in [0.25, 0.3) is 0 Å². The Labute approximate surface area is 206 Å². The van der Waals surface area contributed by atoms with Gasteiger partial charge in [0.15, 0.2) is 11.5 Å². The molecule has 2 aromatic heterocycles. The molecule has 1 saturated heterocycles. The van der Waals surface area contributed by atoms with Gasteiger partial charge in [0, 0.05) is 24.6 Å². The second-order valence-corrected chi connectivity index (χ2v) is 9.52. The monoisotopic (exact) mass is 502 g/mol.